The van der Waals surface area contributed by atoms with Crippen LogP contribution in [0.15, 0.2) is 73.1 Å². The van der Waals surface area contributed by atoms with Crippen molar-refractivity contribution in [3.8, 4) is 0 Å². The van der Waals surface area contributed by atoms with Crippen LogP contribution in [-0.2, 0) is 0 Å². The SMILES string of the molecule is c1ccc2c(c1)c1ccc3c4ccccc4n4c5nccnc5n2c1c34. The van der Waals surface area contributed by atoms with E-state index in [1.54, 1.807) is 12.4 Å². The van der Waals surface area contributed by atoms with Crippen molar-refractivity contribution >= 4 is 54.9 Å². The van der Waals surface area contributed by atoms with Crippen LogP contribution in [-0.4, -0.2) is 18.8 Å². The minimum absolute atomic E-state index is 0.889. The number of benzene rings is 3. The third-order valence-corrected chi connectivity index (χ3v) is 5.55. The molecule has 4 heteroatoms. The maximum absolute atomic E-state index is 4.72. The summed E-state index contributed by atoms with van der Waals surface area (Å²) >= 11 is 0. The van der Waals surface area contributed by atoms with Gasteiger partial charge in [-0.3, -0.25) is 8.80 Å². The van der Waals surface area contributed by atoms with E-state index in [1.807, 2.05) is 0 Å². The van der Waals surface area contributed by atoms with E-state index in [-0.39, 0.29) is 0 Å². The Labute approximate surface area is 147 Å². The Morgan fingerprint density at radius 3 is 1.46 bits per heavy atom. The van der Waals surface area contributed by atoms with E-state index in [9.17, 15) is 0 Å². The van der Waals surface area contributed by atoms with Crippen molar-refractivity contribution in [2.24, 2.45) is 0 Å². The highest BCUT2D eigenvalue weighted by Gasteiger charge is 2.21. The molecule has 3 aromatic carbocycles. The Balaban J connectivity index is 2.04. The Morgan fingerprint density at radius 1 is 0.500 bits per heavy atom. The lowest BCUT2D eigenvalue weighted by Gasteiger charge is -2.09. The van der Waals surface area contributed by atoms with Crippen LogP contribution in [0.4, 0.5) is 0 Å². The van der Waals surface area contributed by atoms with E-state index >= 15 is 0 Å². The third kappa shape index (κ3) is 1.24. The fourth-order valence-corrected chi connectivity index (χ4v) is 4.58. The van der Waals surface area contributed by atoms with Gasteiger partial charge in [0.25, 0.3) is 0 Å². The predicted octanol–water partition coefficient (Wildman–Crippen LogP) is 5.03. The van der Waals surface area contributed by atoms with E-state index in [0.29, 0.717) is 0 Å². The van der Waals surface area contributed by atoms with Crippen molar-refractivity contribution in [1.82, 2.24) is 18.8 Å². The van der Waals surface area contributed by atoms with E-state index in [4.69, 9.17) is 9.97 Å². The second-order valence-corrected chi connectivity index (χ2v) is 6.77. The van der Waals surface area contributed by atoms with Crippen LogP contribution in [0.1, 0.15) is 0 Å². The monoisotopic (exact) mass is 332 g/mol. The summed E-state index contributed by atoms with van der Waals surface area (Å²) in [4.78, 5) is 9.44. The lowest BCUT2D eigenvalue weighted by molar-refractivity contribution is 1.13. The molecule has 0 amide bonds. The number of rotatable bonds is 0. The van der Waals surface area contributed by atoms with Crippen LogP contribution in [0, 0.1) is 0 Å². The second kappa shape index (κ2) is 4.11. The van der Waals surface area contributed by atoms with Gasteiger partial charge in [0.2, 0.25) is 0 Å². The van der Waals surface area contributed by atoms with E-state index in [2.05, 4.69) is 69.5 Å². The molecule has 7 rings (SSSR count). The summed E-state index contributed by atoms with van der Waals surface area (Å²) in [6.45, 7) is 0. The summed E-state index contributed by atoms with van der Waals surface area (Å²) in [6.07, 6.45) is 3.55. The molecule has 0 aliphatic heterocycles. The zero-order chi connectivity index (χ0) is 16.8. The Bertz CT molecular complexity index is 1510. The molecule has 4 nitrogen and oxygen atoms in total. The topological polar surface area (TPSA) is 34.6 Å². The van der Waals surface area contributed by atoms with Crippen molar-refractivity contribution < 1.29 is 0 Å². The lowest BCUT2D eigenvalue weighted by atomic mass is 10.1. The molecule has 0 fully saturated rings. The second-order valence-electron chi connectivity index (χ2n) is 6.77. The summed E-state index contributed by atoms with van der Waals surface area (Å²) in [5, 5.41) is 5.02. The van der Waals surface area contributed by atoms with Crippen molar-refractivity contribution in [2.75, 3.05) is 0 Å². The average molecular weight is 332 g/mol. The minimum atomic E-state index is 0.889. The first-order valence-electron chi connectivity index (χ1n) is 8.70. The van der Waals surface area contributed by atoms with Crippen LogP contribution in [0.25, 0.3) is 54.9 Å². The summed E-state index contributed by atoms with van der Waals surface area (Å²) < 4.78 is 4.54. The fourth-order valence-electron chi connectivity index (χ4n) is 4.58. The lowest BCUT2D eigenvalue weighted by Crippen LogP contribution is -2.00. The fraction of sp³-hybridized carbons (Fsp3) is 0. The van der Waals surface area contributed by atoms with Gasteiger partial charge in [-0.05, 0) is 12.1 Å². The maximum Gasteiger partial charge on any atom is 0.182 e. The van der Waals surface area contributed by atoms with Gasteiger partial charge in [-0.1, -0.05) is 48.5 Å². The van der Waals surface area contributed by atoms with Gasteiger partial charge in [-0.2, -0.15) is 0 Å². The zero-order valence-electron chi connectivity index (χ0n) is 13.7. The Kier molecular flexibility index (Phi) is 2.00. The largest absolute Gasteiger partial charge is 0.289 e. The molecule has 0 saturated heterocycles. The molecule has 0 spiro atoms. The van der Waals surface area contributed by atoms with Crippen molar-refractivity contribution in [1.29, 1.82) is 0 Å². The van der Waals surface area contributed by atoms with Crippen LogP contribution in [0.3, 0.4) is 0 Å². The highest BCUT2D eigenvalue weighted by atomic mass is 15.1. The van der Waals surface area contributed by atoms with Gasteiger partial charge in [0, 0.05) is 33.9 Å². The van der Waals surface area contributed by atoms with Gasteiger partial charge in [0.15, 0.2) is 11.3 Å². The first-order valence-corrected chi connectivity index (χ1v) is 8.70. The van der Waals surface area contributed by atoms with Crippen LogP contribution >= 0.6 is 0 Å². The molecule has 0 bridgehead atoms. The van der Waals surface area contributed by atoms with Crippen LogP contribution in [0.2, 0.25) is 0 Å². The molecule has 0 N–H and O–H groups in total. The van der Waals surface area contributed by atoms with Gasteiger partial charge < -0.3 is 0 Å². The molecular weight excluding hydrogens is 320 g/mol. The van der Waals surface area contributed by atoms with E-state index < -0.39 is 0 Å². The van der Waals surface area contributed by atoms with Crippen molar-refractivity contribution in [3.05, 3.63) is 73.1 Å². The quantitative estimate of drug-likeness (QED) is 0.365. The van der Waals surface area contributed by atoms with Gasteiger partial charge in [-0.25, -0.2) is 9.97 Å². The zero-order valence-corrected chi connectivity index (χ0v) is 13.7. The molecule has 4 aromatic heterocycles. The third-order valence-electron chi connectivity index (χ3n) is 5.55. The summed E-state index contributed by atoms with van der Waals surface area (Å²) in [6, 6.07) is 21.6. The Morgan fingerprint density at radius 2 is 0.962 bits per heavy atom. The number of hydrogen-bond donors (Lipinski definition) is 0. The van der Waals surface area contributed by atoms with Crippen molar-refractivity contribution in [3.63, 3.8) is 0 Å². The predicted molar refractivity (Wildman–Crippen MR) is 105 cm³/mol. The molecule has 4 heterocycles. The molecule has 7 aromatic rings. The molecular formula is C22H12N4. The normalized spacial score (nSPS) is 12.6. The standard InChI is InChI=1S/C22H12N4/c1-3-7-17-13(5-1)15-9-10-16-14-6-2-4-8-18(14)26-20(16)19(15)25(17)21-22(26)24-12-11-23-21/h1-12H. The number of nitrogens with zero attached hydrogens (tertiary/aromatic N) is 4. The molecule has 0 unspecified atom stereocenters. The number of hydrogen-bond acceptors (Lipinski definition) is 2. The van der Waals surface area contributed by atoms with Gasteiger partial charge in [0.1, 0.15) is 0 Å². The first-order chi connectivity index (χ1) is 12.9. The molecule has 0 aliphatic carbocycles. The number of aromatic nitrogens is 4. The number of para-hydroxylation sites is 2. The van der Waals surface area contributed by atoms with Crippen molar-refractivity contribution in [2.45, 2.75) is 0 Å². The van der Waals surface area contributed by atoms with E-state index in [1.165, 1.54) is 43.6 Å². The smallest absolute Gasteiger partial charge is 0.182 e. The molecule has 120 valence electrons. The number of fused-ring (bicyclic) bond motifs is 9. The summed E-state index contributed by atoms with van der Waals surface area (Å²) in [7, 11) is 0. The molecule has 26 heavy (non-hydrogen) atoms. The molecule has 0 saturated carbocycles. The minimum Gasteiger partial charge on any atom is -0.289 e. The molecule has 0 aliphatic rings. The first kappa shape index (κ1) is 12.7. The average Bonchev–Trinajstić information content (AvgIpc) is 3.22. The van der Waals surface area contributed by atoms with E-state index in [0.717, 1.165) is 11.3 Å². The van der Waals surface area contributed by atoms with Gasteiger partial charge >= 0.3 is 0 Å². The van der Waals surface area contributed by atoms with Crippen LogP contribution in [0.5, 0.6) is 0 Å². The maximum atomic E-state index is 4.72. The highest BCUT2D eigenvalue weighted by molar-refractivity contribution is 6.24. The summed E-state index contributed by atoms with van der Waals surface area (Å²) in [5.41, 5.74) is 6.56. The Hall–Kier alpha value is -3.66. The molecule has 0 radical (unpaired) electrons. The summed E-state index contributed by atoms with van der Waals surface area (Å²) in [5.74, 6) is 0. The van der Waals surface area contributed by atoms with Gasteiger partial charge in [0.05, 0.1) is 22.1 Å². The molecule has 0 atom stereocenters. The van der Waals surface area contributed by atoms with Crippen LogP contribution < -0.4 is 0 Å². The van der Waals surface area contributed by atoms with Gasteiger partial charge in [-0.15, -0.1) is 0 Å². The highest BCUT2D eigenvalue weighted by Crippen LogP contribution is 2.40.